The first kappa shape index (κ1) is 30.6. The Labute approximate surface area is 227 Å². The highest BCUT2D eigenvalue weighted by molar-refractivity contribution is 5.38. The minimum atomic E-state index is -0.644. The highest BCUT2D eigenvalue weighted by atomic mass is 16.3. The van der Waals surface area contributed by atoms with Gasteiger partial charge in [-0.05, 0) is 126 Å². The van der Waals surface area contributed by atoms with Gasteiger partial charge in [-0.1, -0.05) is 51.0 Å². The van der Waals surface area contributed by atoms with Crippen molar-refractivity contribution in [2.75, 3.05) is 0 Å². The molecule has 0 aliphatic heterocycles. The lowest BCUT2D eigenvalue weighted by molar-refractivity contribution is 0.00528. The quantitative estimate of drug-likeness (QED) is 0.252. The summed E-state index contributed by atoms with van der Waals surface area (Å²) < 4.78 is 0. The van der Waals surface area contributed by atoms with Crippen molar-refractivity contribution in [3.8, 4) is 0 Å². The van der Waals surface area contributed by atoms with Crippen LogP contribution >= 0.6 is 0 Å². The second-order valence-corrected chi connectivity index (χ2v) is 14.6. The zero-order valence-corrected chi connectivity index (χ0v) is 24.7. The van der Waals surface area contributed by atoms with E-state index in [1.54, 1.807) is 0 Å². The van der Waals surface area contributed by atoms with Gasteiger partial charge in [0.2, 0.25) is 0 Å². The van der Waals surface area contributed by atoms with Crippen LogP contribution < -0.4 is 0 Å². The van der Waals surface area contributed by atoms with Crippen molar-refractivity contribution in [1.82, 2.24) is 0 Å². The summed E-state index contributed by atoms with van der Waals surface area (Å²) in [5.74, 6) is 1.19. The van der Waals surface area contributed by atoms with Gasteiger partial charge >= 0.3 is 0 Å². The Hall–Kier alpha value is -0.940. The molecule has 0 radical (unpaired) electrons. The van der Waals surface area contributed by atoms with E-state index >= 15 is 0 Å². The molecule has 0 bridgehead atoms. The Morgan fingerprint density at radius 1 is 0.919 bits per heavy atom. The number of aliphatic hydroxyl groups excluding tert-OH is 2. The molecule has 0 heterocycles. The average Bonchev–Trinajstić information content (AvgIpc) is 3.11. The van der Waals surface area contributed by atoms with Crippen LogP contribution in [0.25, 0.3) is 0 Å². The zero-order chi connectivity index (χ0) is 27.6. The van der Waals surface area contributed by atoms with E-state index in [9.17, 15) is 20.4 Å². The molecular weight excluding hydrogens is 460 g/mol. The Morgan fingerprint density at radius 2 is 1.51 bits per heavy atom. The lowest BCUT2D eigenvalue weighted by Gasteiger charge is -2.50. The molecule has 4 N–H and O–H groups in total. The van der Waals surface area contributed by atoms with E-state index in [1.165, 1.54) is 31.3 Å². The summed E-state index contributed by atoms with van der Waals surface area (Å²) in [7, 11) is 0. The molecule has 37 heavy (non-hydrogen) atoms. The SMILES string of the molecule is C=C1C(=CC=C2CCC[C@@]3(C)C2CCC3C(C)(CCCC(C)(C)O)CCCC(C)(C)O)CC(O)C[C@@H]1O. The Morgan fingerprint density at radius 3 is 2.08 bits per heavy atom. The van der Waals surface area contributed by atoms with Crippen molar-refractivity contribution >= 4 is 0 Å². The van der Waals surface area contributed by atoms with Gasteiger partial charge in [0.05, 0.1) is 23.4 Å². The van der Waals surface area contributed by atoms with E-state index in [4.69, 9.17) is 0 Å². The van der Waals surface area contributed by atoms with Crippen molar-refractivity contribution in [2.24, 2.45) is 22.7 Å². The van der Waals surface area contributed by atoms with Crippen LogP contribution in [0.1, 0.15) is 125 Å². The molecule has 4 nitrogen and oxygen atoms in total. The van der Waals surface area contributed by atoms with Gasteiger partial charge in [0, 0.05) is 6.42 Å². The molecule has 0 aromatic heterocycles. The summed E-state index contributed by atoms with van der Waals surface area (Å²) in [6.07, 6.45) is 16.2. The average molecular weight is 517 g/mol. The molecule has 0 aromatic rings. The molecule has 4 heteroatoms. The van der Waals surface area contributed by atoms with E-state index in [-0.39, 0.29) is 10.8 Å². The maximum Gasteiger partial charge on any atom is 0.0811 e. The minimum absolute atomic E-state index is 0.187. The molecule has 3 fully saturated rings. The van der Waals surface area contributed by atoms with Crippen LogP contribution in [0.4, 0.5) is 0 Å². The predicted molar refractivity (Wildman–Crippen MR) is 153 cm³/mol. The van der Waals surface area contributed by atoms with Crippen molar-refractivity contribution in [1.29, 1.82) is 0 Å². The second kappa shape index (κ2) is 11.7. The third-order valence-corrected chi connectivity index (χ3v) is 10.1. The van der Waals surface area contributed by atoms with Crippen LogP contribution in [0.5, 0.6) is 0 Å². The van der Waals surface area contributed by atoms with E-state index in [1.807, 2.05) is 27.7 Å². The van der Waals surface area contributed by atoms with Gasteiger partial charge in [0.15, 0.2) is 0 Å². The summed E-state index contributed by atoms with van der Waals surface area (Å²) in [5, 5.41) is 41.2. The number of rotatable bonds is 10. The Balaban J connectivity index is 1.83. The van der Waals surface area contributed by atoms with Gasteiger partial charge in [-0.3, -0.25) is 0 Å². The van der Waals surface area contributed by atoms with Crippen LogP contribution in [0, 0.1) is 22.7 Å². The van der Waals surface area contributed by atoms with Crippen molar-refractivity contribution < 1.29 is 20.4 Å². The van der Waals surface area contributed by atoms with E-state index in [0.717, 1.165) is 56.1 Å². The van der Waals surface area contributed by atoms with Gasteiger partial charge in [0.1, 0.15) is 0 Å². The molecule has 5 atom stereocenters. The van der Waals surface area contributed by atoms with E-state index in [2.05, 4.69) is 32.6 Å². The molecule has 3 rings (SSSR count). The predicted octanol–water partition coefficient (Wildman–Crippen LogP) is 7.02. The number of allylic oxidation sites excluding steroid dienone is 3. The molecule has 0 aromatic carbocycles. The van der Waals surface area contributed by atoms with Crippen molar-refractivity contribution in [3.05, 3.63) is 35.5 Å². The van der Waals surface area contributed by atoms with Crippen LogP contribution in [0.3, 0.4) is 0 Å². The smallest absolute Gasteiger partial charge is 0.0811 e. The van der Waals surface area contributed by atoms with E-state index in [0.29, 0.717) is 24.7 Å². The Bertz CT molecular complexity index is 835. The van der Waals surface area contributed by atoms with Crippen LogP contribution in [-0.2, 0) is 0 Å². The number of fused-ring (bicyclic) bond motifs is 1. The third-order valence-electron chi connectivity index (χ3n) is 10.1. The van der Waals surface area contributed by atoms with Gasteiger partial charge in [-0.15, -0.1) is 0 Å². The van der Waals surface area contributed by atoms with Crippen LogP contribution in [-0.4, -0.2) is 43.8 Å². The fraction of sp³-hybridized carbons (Fsp3) is 0.818. The molecule has 0 spiro atoms. The van der Waals surface area contributed by atoms with Gasteiger partial charge in [-0.2, -0.15) is 0 Å². The first-order valence-electron chi connectivity index (χ1n) is 14.9. The Kier molecular flexibility index (Phi) is 9.64. The lowest BCUT2D eigenvalue weighted by Crippen LogP contribution is -2.41. The number of hydrogen-bond acceptors (Lipinski definition) is 4. The largest absolute Gasteiger partial charge is 0.393 e. The first-order chi connectivity index (χ1) is 17.0. The molecule has 0 amide bonds. The fourth-order valence-electron chi connectivity index (χ4n) is 8.17. The lowest BCUT2D eigenvalue weighted by atomic mass is 9.55. The summed E-state index contributed by atoms with van der Waals surface area (Å²) in [6, 6.07) is 0. The molecule has 3 aliphatic carbocycles. The van der Waals surface area contributed by atoms with E-state index < -0.39 is 23.4 Å². The molecule has 3 saturated carbocycles. The highest BCUT2D eigenvalue weighted by Crippen LogP contribution is 2.64. The first-order valence-corrected chi connectivity index (χ1v) is 14.9. The highest BCUT2D eigenvalue weighted by Gasteiger charge is 2.54. The van der Waals surface area contributed by atoms with Crippen LogP contribution in [0.15, 0.2) is 35.5 Å². The maximum absolute atomic E-state index is 10.4. The molecular formula is C33H56O4. The minimum Gasteiger partial charge on any atom is -0.393 e. The van der Waals surface area contributed by atoms with Crippen LogP contribution in [0.2, 0.25) is 0 Å². The molecule has 3 unspecified atom stereocenters. The maximum atomic E-state index is 10.4. The number of aliphatic hydroxyl groups is 4. The number of hydrogen-bond donors (Lipinski definition) is 4. The van der Waals surface area contributed by atoms with Gasteiger partial charge < -0.3 is 20.4 Å². The third kappa shape index (κ3) is 7.81. The van der Waals surface area contributed by atoms with Crippen molar-refractivity contribution in [3.63, 3.8) is 0 Å². The summed E-state index contributed by atoms with van der Waals surface area (Å²) in [4.78, 5) is 0. The fourth-order valence-corrected chi connectivity index (χ4v) is 8.17. The van der Waals surface area contributed by atoms with Gasteiger partial charge in [-0.25, -0.2) is 0 Å². The standard InChI is InChI=1S/C33H56O4/c1-23-25(21-26(34)22-28(23)35)13-12-24-11-8-20-33(7)27(24)14-15-29(33)32(6,18-9-16-30(2,3)36)19-10-17-31(4,5)37/h12-13,26-29,34-37H,1,8-11,14-22H2,2-7H3/t26?,27?,28-,29?,33-/m0/s1. The summed E-state index contributed by atoms with van der Waals surface area (Å²) in [5.41, 5.74) is 2.46. The normalized spacial score (nSPS) is 33.8. The zero-order valence-electron chi connectivity index (χ0n) is 24.7. The second-order valence-electron chi connectivity index (χ2n) is 14.6. The van der Waals surface area contributed by atoms with Gasteiger partial charge in [0.25, 0.3) is 0 Å². The molecule has 212 valence electrons. The molecule has 0 saturated heterocycles. The monoisotopic (exact) mass is 516 g/mol. The summed E-state index contributed by atoms with van der Waals surface area (Å²) >= 11 is 0. The summed E-state index contributed by atoms with van der Waals surface area (Å²) in [6.45, 7) is 16.8. The molecule has 3 aliphatic rings. The topological polar surface area (TPSA) is 80.9 Å². The van der Waals surface area contributed by atoms with Crippen molar-refractivity contribution in [2.45, 2.75) is 148 Å².